The van der Waals surface area contributed by atoms with Crippen LogP contribution in [0.2, 0.25) is 0 Å². The lowest BCUT2D eigenvalue weighted by molar-refractivity contribution is -0.194. The Kier molecular flexibility index (Phi) is 7.18. The Labute approximate surface area is 194 Å². The van der Waals surface area contributed by atoms with Crippen LogP contribution in [0, 0.1) is 0 Å². The Morgan fingerprint density at radius 2 is 1.56 bits per heavy atom. The summed E-state index contributed by atoms with van der Waals surface area (Å²) in [6.45, 7) is 1.81. The zero-order valence-corrected chi connectivity index (χ0v) is 18.6. The molecule has 2 unspecified atom stereocenters. The fraction of sp³-hybridized carbons (Fsp3) is 0.375. The van der Waals surface area contributed by atoms with Gasteiger partial charge >= 0.3 is 18.2 Å². The molecule has 10 heteroatoms. The molecule has 0 heterocycles. The first-order chi connectivity index (χ1) is 16.0. The van der Waals surface area contributed by atoms with E-state index in [2.05, 4.69) is 5.32 Å². The standard InChI is InChI=1S/C24H25F3N2O5/c1-3-14(12-20(30)31)28-21(32)23(2,24(25,26)27)29-22(33)34-13-19-17-10-6-4-8-15(17)16-9-5-7-11-18(16)19/h4-11,14,19H,3,12-13H2,1-2H3,(H,28,32)(H,29,33)(H,30,31). The number of ether oxygens (including phenoxy) is 1. The number of carbonyl (C=O) groups excluding carboxylic acids is 2. The highest BCUT2D eigenvalue weighted by Gasteiger charge is 2.58. The van der Waals surface area contributed by atoms with Crippen LogP contribution in [0.15, 0.2) is 48.5 Å². The predicted octanol–water partition coefficient (Wildman–Crippen LogP) is 4.22. The van der Waals surface area contributed by atoms with Gasteiger partial charge < -0.3 is 15.2 Å². The zero-order valence-electron chi connectivity index (χ0n) is 18.6. The van der Waals surface area contributed by atoms with Gasteiger partial charge in [0.25, 0.3) is 5.91 Å². The smallest absolute Gasteiger partial charge is 0.420 e. The number of carboxylic acids is 1. The second kappa shape index (κ2) is 9.74. The molecule has 0 saturated carbocycles. The van der Waals surface area contributed by atoms with Crippen molar-refractivity contribution in [2.75, 3.05) is 6.61 Å². The molecule has 2 atom stereocenters. The van der Waals surface area contributed by atoms with Crippen LogP contribution in [-0.2, 0) is 14.3 Å². The first-order valence-electron chi connectivity index (χ1n) is 10.7. The number of alkyl halides is 3. The highest BCUT2D eigenvalue weighted by molar-refractivity contribution is 5.91. The Hall–Kier alpha value is -3.56. The number of alkyl carbamates (subject to hydrolysis) is 1. The van der Waals surface area contributed by atoms with Gasteiger partial charge in [-0.25, -0.2) is 4.79 Å². The van der Waals surface area contributed by atoms with Crippen LogP contribution in [0.3, 0.4) is 0 Å². The minimum Gasteiger partial charge on any atom is -0.481 e. The van der Waals surface area contributed by atoms with Crippen LogP contribution in [-0.4, -0.2) is 47.4 Å². The van der Waals surface area contributed by atoms with E-state index in [0.717, 1.165) is 22.3 Å². The van der Waals surface area contributed by atoms with Gasteiger partial charge in [-0.2, -0.15) is 13.2 Å². The Balaban J connectivity index is 1.74. The molecule has 0 spiro atoms. The lowest BCUT2D eigenvalue weighted by atomic mass is 9.98. The van der Waals surface area contributed by atoms with E-state index in [0.29, 0.717) is 6.92 Å². The lowest BCUT2D eigenvalue weighted by Gasteiger charge is -2.32. The van der Waals surface area contributed by atoms with Gasteiger partial charge in [0.05, 0.1) is 6.42 Å². The molecule has 182 valence electrons. The van der Waals surface area contributed by atoms with Gasteiger partial charge in [-0.3, -0.25) is 14.9 Å². The molecule has 2 amide bonds. The predicted molar refractivity (Wildman–Crippen MR) is 117 cm³/mol. The minimum absolute atomic E-state index is 0.0942. The molecule has 0 bridgehead atoms. The highest BCUT2D eigenvalue weighted by atomic mass is 19.4. The zero-order chi connectivity index (χ0) is 25.1. The second-order valence-electron chi connectivity index (χ2n) is 8.25. The monoisotopic (exact) mass is 478 g/mol. The second-order valence-corrected chi connectivity index (χ2v) is 8.25. The summed E-state index contributed by atoms with van der Waals surface area (Å²) in [5.74, 6) is -3.21. The van der Waals surface area contributed by atoms with Crippen LogP contribution in [0.5, 0.6) is 0 Å². The van der Waals surface area contributed by atoms with Gasteiger partial charge in [0.2, 0.25) is 5.54 Å². The fourth-order valence-electron chi connectivity index (χ4n) is 3.93. The van der Waals surface area contributed by atoms with Crippen molar-refractivity contribution in [2.45, 2.75) is 50.4 Å². The average molecular weight is 478 g/mol. The molecule has 1 aliphatic rings. The molecule has 3 rings (SSSR count). The summed E-state index contributed by atoms with van der Waals surface area (Å²) in [6.07, 6.45) is -7.04. The van der Waals surface area contributed by atoms with E-state index in [1.54, 1.807) is 5.32 Å². The van der Waals surface area contributed by atoms with Crippen molar-refractivity contribution < 1.29 is 37.4 Å². The Bertz CT molecular complexity index is 1040. The van der Waals surface area contributed by atoms with Crippen molar-refractivity contribution in [1.29, 1.82) is 0 Å². The highest BCUT2D eigenvalue weighted by Crippen LogP contribution is 2.44. The summed E-state index contributed by atoms with van der Waals surface area (Å²) in [7, 11) is 0. The van der Waals surface area contributed by atoms with Crippen LogP contribution in [0.4, 0.5) is 18.0 Å². The number of fused-ring (bicyclic) bond motifs is 3. The van der Waals surface area contributed by atoms with Crippen molar-refractivity contribution in [2.24, 2.45) is 0 Å². The van der Waals surface area contributed by atoms with Crippen LogP contribution < -0.4 is 10.6 Å². The van der Waals surface area contributed by atoms with E-state index < -0.39 is 42.1 Å². The fourth-order valence-corrected chi connectivity index (χ4v) is 3.93. The number of benzene rings is 2. The molecule has 3 N–H and O–H groups in total. The number of hydrogen-bond donors (Lipinski definition) is 3. The lowest BCUT2D eigenvalue weighted by Crippen LogP contribution is -2.66. The summed E-state index contributed by atoms with van der Waals surface area (Å²) >= 11 is 0. The van der Waals surface area contributed by atoms with Crippen molar-refractivity contribution in [3.63, 3.8) is 0 Å². The van der Waals surface area contributed by atoms with Crippen molar-refractivity contribution in [3.05, 3.63) is 59.7 Å². The van der Waals surface area contributed by atoms with E-state index >= 15 is 0 Å². The largest absolute Gasteiger partial charge is 0.481 e. The quantitative estimate of drug-likeness (QED) is 0.527. The molecule has 2 aromatic carbocycles. The molecule has 2 aromatic rings. The third-order valence-electron chi connectivity index (χ3n) is 5.97. The summed E-state index contributed by atoms with van der Waals surface area (Å²) < 4.78 is 46.6. The van der Waals surface area contributed by atoms with Gasteiger partial charge in [-0.15, -0.1) is 0 Å². The number of amides is 2. The van der Waals surface area contributed by atoms with Gasteiger partial charge in [0.15, 0.2) is 0 Å². The van der Waals surface area contributed by atoms with E-state index in [1.165, 1.54) is 6.92 Å². The van der Waals surface area contributed by atoms with Crippen molar-refractivity contribution in [1.82, 2.24) is 10.6 Å². The minimum atomic E-state index is -5.16. The molecule has 0 radical (unpaired) electrons. The first kappa shape index (κ1) is 25.1. The van der Waals surface area contributed by atoms with Gasteiger partial charge in [0.1, 0.15) is 6.61 Å². The van der Waals surface area contributed by atoms with Gasteiger partial charge in [-0.1, -0.05) is 55.5 Å². The molecule has 1 aliphatic carbocycles. The number of carboxylic acid groups (broad SMARTS) is 1. The average Bonchev–Trinajstić information content (AvgIpc) is 3.09. The Morgan fingerprint density at radius 1 is 1.03 bits per heavy atom. The van der Waals surface area contributed by atoms with E-state index in [9.17, 15) is 27.6 Å². The molecular weight excluding hydrogens is 453 g/mol. The maximum Gasteiger partial charge on any atom is 0.420 e. The number of aliphatic carboxylic acids is 1. The number of nitrogens with one attached hydrogen (secondary N) is 2. The molecular formula is C24H25F3N2O5. The van der Waals surface area contributed by atoms with Crippen molar-refractivity contribution >= 4 is 18.0 Å². The topological polar surface area (TPSA) is 105 Å². The van der Waals surface area contributed by atoms with Crippen molar-refractivity contribution in [3.8, 4) is 11.1 Å². The van der Waals surface area contributed by atoms with Gasteiger partial charge in [0, 0.05) is 12.0 Å². The van der Waals surface area contributed by atoms with Crippen LogP contribution in [0.25, 0.3) is 11.1 Å². The third-order valence-corrected chi connectivity index (χ3v) is 5.97. The maximum absolute atomic E-state index is 13.8. The molecule has 0 fully saturated rings. The number of carbonyl (C=O) groups is 3. The van der Waals surface area contributed by atoms with E-state index in [-0.39, 0.29) is 18.9 Å². The normalized spacial score (nSPS) is 15.4. The summed E-state index contributed by atoms with van der Waals surface area (Å²) in [6, 6.07) is 13.9. The van der Waals surface area contributed by atoms with Crippen LogP contribution in [0.1, 0.15) is 43.7 Å². The molecule has 0 aliphatic heterocycles. The summed E-state index contributed by atoms with van der Waals surface area (Å²) in [5.41, 5.74) is 0.354. The van der Waals surface area contributed by atoms with E-state index in [1.807, 2.05) is 48.5 Å². The summed E-state index contributed by atoms with van der Waals surface area (Å²) in [5, 5.41) is 12.6. The molecule has 34 heavy (non-hydrogen) atoms. The maximum atomic E-state index is 13.8. The Morgan fingerprint density at radius 3 is 2.03 bits per heavy atom. The number of halogens is 3. The van der Waals surface area contributed by atoms with Crippen LogP contribution >= 0.6 is 0 Å². The molecule has 7 nitrogen and oxygen atoms in total. The third kappa shape index (κ3) is 5.00. The molecule has 0 aromatic heterocycles. The number of rotatable bonds is 8. The first-order valence-corrected chi connectivity index (χ1v) is 10.7. The number of hydrogen-bond acceptors (Lipinski definition) is 4. The SMILES string of the molecule is CCC(CC(=O)O)NC(=O)C(C)(NC(=O)OCC1c2ccccc2-c2ccccc21)C(F)(F)F. The summed E-state index contributed by atoms with van der Waals surface area (Å²) in [4.78, 5) is 35.8. The molecule has 0 saturated heterocycles. The van der Waals surface area contributed by atoms with Gasteiger partial charge in [-0.05, 0) is 35.6 Å². The van der Waals surface area contributed by atoms with E-state index in [4.69, 9.17) is 9.84 Å².